The average molecular weight is 413 g/mol. The Kier molecular flexibility index (Phi) is 5.11. The highest BCUT2D eigenvalue weighted by Gasteiger charge is 2.54. The summed E-state index contributed by atoms with van der Waals surface area (Å²) < 4.78 is 29.2. The van der Waals surface area contributed by atoms with Crippen molar-refractivity contribution in [3.05, 3.63) is 39.7 Å². The van der Waals surface area contributed by atoms with Crippen LogP contribution in [0.4, 0.5) is 19.3 Å². The van der Waals surface area contributed by atoms with Crippen molar-refractivity contribution in [2.24, 2.45) is 10.9 Å². The lowest BCUT2D eigenvalue weighted by atomic mass is 9.81. The van der Waals surface area contributed by atoms with E-state index in [2.05, 4.69) is 4.99 Å². The van der Waals surface area contributed by atoms with Gasteiger partial charge in [0.2, 0.25) is 0 Å². The Bertz CT molecular complexity index is 858. The second-order valence-corrected chi connectivity index (χ2v) is 9.06. The number of carbonyl (C=O) groups is 1. The van der Waals surface area contributed by atoms with Gasteiger partial charge < -0.3 is 5.11 Å². The fraction of sp³-hybridized carbons (Fsp3) is 0.556. The van der Waals surface area contributed by atoms with Crippen LogP contribution in [0.1, 0.15) is 39.2 Å². The molecular weight excluding hydrogens is 392 g/mol. The third kappa shape index (κ3) is 3.45. The van der Waals surface area contributed by atoms with Crippen LogP contribution < -0.4 is 0 Å². The van der Waals surface area contributed by atoms with Gasteiger partial charge in [0.05, 0.1) is 10.5 Å². The first-order valence-electron chi connectivity index (χ1n) is 8.80. The minimum atomic E-state index is -1.37. The average Bonchev–Trinajstić information content (AvgIpc) is 2.89. The largest absolute Gasteiger partial charge is 0.465 e. The Balaban J connectivity index is 2.21. The molecule has 0 saturated heterocycles. The van der Waals surface area contributed by atoms with Crippen LogP contribution in [0.15, 0.2) is 23.2 Å². The van der Waals surface area contributed by atoms with Gasteiger partial charge in [-0.15, -0.1) is 0 Å². The van der Waals surface area contributed by atoms with Gasteiger partial charge >= 0.3 is 6.09 Å². The Morgan fingerprint density at radius 2 is 2.14 bits per heavy atom. The van der Waals surface area contributed by atoms with Gasteiger partial charge in [-0.3, -0.25) is 15.0 Å². The Morgan fingerprint density at radius 3 is 2.71 bits per heavy atom. The highest BCUT2D eigenvalue weighted by molar-refractivity contribution is 8.13. The van der Waals surface area contributed by atoms with E-state index >= 15 is 0 Å². The summed E-state index contributed by atoms with van der Waals surface area (Å²) in [4.78, 5) is 28.0. The first-order valence-corrected chi connectivity index (χ1v) is 9.78. The molecule has 1 aromatic rings. The molecule has 0 aromatic heterocycles. The zero-order valence-electron chi connectivity index (χ0n) is 15.7. The molecule has 1 aromatic carbocycles. The van der Waals surface area contributed by atoms with Crippen LogP contribution in [0.25, 0.3) is 0 Å². The summed E-state index contributed by atoms with van der Waals surface area (Å²) in [6.07, 6.45) is -2.46. The minimum absolute atomic E-state index is 0.0519. The summed E-state index contributed by atoms with van der Waals surface area (Å²) in [5, 5.41) is 21.0. The molecule has 28 heavy (non-hydrogen) atoms. The van der Waals surface area contributed by atoms with Crippen LogP contribution >= 0.6 is 11.8 Å². The molecule has 3 rings (SSSR count). The van der Waals surface area contributed by atoms with Gasteiger partial charge in [-0.25, -0.2) is 18.6 Å². The number of hydrogen-bond acceptors (Lipinski definition) is 5. The van der Waals surface area contributed by atoms with Crippen LogP contribution in [0, 0.1) is 21.8 Å². The van der Waals surface area contributed by atoms with E-state index in [1.54, 1.807) is 20.8 Å². The maximum Gasteiger partial charge on any atom is 0.413 e. The topological polar surface area (TPSA) is 96.0 Å². The summed E-state index contributed by atoms with van der Waals surface area (Å²) in [5.41, 5.74) is -2.55. The zero-order valence-corrected chi connectivity index (χ0v) is 16.5. The second-order valence-electron chi connectivity index (χ2n) is 8.07. The molecule has 1 amide bonds. The second kappa shape index (κ2) is 6.98. The number of carboxylic acid groups (broad SMARTS) is 1. The molecule has 1 heterocycles. The van der Waals surface area contributed by atoms with Crippen LogP contribution in [-0.4, -0.2) is 43.7 Å². The highest BCUT2D eigenvalue weighted by Crippen LogP contribution is 2.53. The smallest absolute Gasteiger partial charge is 0.413 e. The number of nitro groups is 1. The molecule has 3 atom stereocenters. The van der Waals surface area contributed by atoms with Gasteiger partial charge in [0.1, 0.15) is 12.0 Å². The van der Waals surface area contributed by atoms with Crippen LogP contribution in [0.2, 0.25) is 0 Å². The summed E-state index contributed by atoms with van der Waals surface area (Å²) in [6, 6.07) is 3.13. The number of nitro benzene ring substituents is 1. The lowest BCUT2D eigenvalue weighted by Crippen LogP contribution is -2.50. The lowest BCUT2D eigenvalue weighted by Gasteiger charge is -2.41. The fourth-order valence-corrected chi connectivity index (χ4v) is 5.40. The normalized spacial score (nSPS) is 27.1. The van der Waals surface area contributed by atoms with E-state index in [0.29, 0.717) is 5.75 Å². The van der Waals surface area contributed by atoms with Crippen LogP contribution in [0.3, 0.4) is 0 Å². The number of benzene rings is 1. The number of non-ortho nitro benzene ring substituents is 1. The van der Waals surface area contributed by atoms with Gasteiger partial charge in [0.25, 0.3) is 5.69 Å². The number of aliphatic imine (C=N–C) groups is 1. The number of amidine groups is 1. The van der Waals surface area contributed by atoms with Crippen molar-refractivity contribution in [2.75, 3.05) is 5.75 Å². The maximum absolute atomic E-state index is 14.7. The predicted octanol–water partition coefficient (Wildman–Crippen LogP) is 4.56. The molecule has 1 aliphatic carbocycles. The SMILES string of the molecule is CC(C)(C)N(C(=O)O)C1=NC2(c3cc([N+](=O)[O-])ccc3F)CC(F)CC2CS1. The number of alkyl halides is 1. The molecule has 1 saturated carbocycles. The van der Waals surface area contributed by atoms with Crippen molar-refractivity contribution in [2.45, 2.75) is 50.9 Å². The minimum Gasteiger partial charge on any atom is -0.465 e. The van der Waals surface area contributed by atoms with E-state index in [4.69, 9.17) is 0 Å². The number of hydrogen-bond donors (Lipinski definition) is 1. The van der Waals surface area contributed by atoms with Gasteiger partial charge in [0, 0.05) is 41.3 Å². The third-order valence-corrected chi connectivity index (χ3v) is 6.24. The van der Waals surface area contributed by atoms with Gasteiger partial charge in [0.15, 0.2) is 5.17 Å². The Labute approximate surface area is 165 Å². The molecule has 1 N–H and O–H groups in total. The van der Waals surface area contributed by atoms with Crippen LogP contribution in [-0.2, 0) is 5.54 Å². The standard InChI is InChI=1S/C18H21F2N3O4S/c1-17(2,3)22(16(24)25)15-21-18(8-11(19)6-10(18)9-28-15)13-7-12(23(26)27)4-5-14(13)20/h4-5,7,10-11H,6,8-9H2,1-3H3,(H,24,25). The Hall–Kier alpha value is -2.23. The quantitative estimate of drug-likeness (QED) is 0.566. The van der Waals surface area contributed by atoms with Crippen molar-refractivity contribution < 1.29 is 23.6 Å². The number of amides is 1. The highest BCUT2D eigenvalue weighted by atomic mass is 32.2. The molecule has 10 heteroatoms. The Morgan fingerprint density at radius 1 is 1.46 bits per heavy atom. The molecule has 3 unspecified atom stereocenters. The third-order valence-electron chi connectivity index (χ3n) is 5.14. The van der Waals surface area contributed by atoms with Crippen molar-refractivity contribution in [3.63, 3.8) is 0 Å². The first-order chi connectivity index (χ1) is 13.0. The van der Waals surface area contributed by atoms with Crippen molar-refractivity contribution >= 4 is 28.7 Å². The van der Waals surface area contributed by atoms with E-state index in [-0.39, 0.29) is 35.2 Å². The lowest BCUT2D eigenvalue weighted by molar-refractivity contribution is -0.385. The number of fused-ring (bicyclic) bond motifs is 1. The zero-order chi connectivity index (χ0) is 20.9. The first kappa shape index (κ1) is 20.5. The summed E-state index contributed by atoms with van der Waals surface area (Å²) >= 11 is 1.19. The van der Waals surface area contributed by atoms with E-state index in [1.165, 1.54) is 11.8 Å². The number of halogens is 2. The van der Waals surface area contributed by atoms with Gasteiger partial charge in [-0.05, 0) is 33.3 Å². The van der Waals surface area contributed by atoms with Crippen molar-refractivity contribution in [1.82, 2.24) is 4.90 Å². The molecule has 0 bridgehead atoms. The van der Waals surface area contributed by atoms with E-state index in [9.17, 15) is 28.8 Å². The van der Waals surface area contributed by atoms with E-state index in [1.807, 2.05) is 0 Å². The van der Waals surface area contributed by atoms with Gasteiger partial charge in [-0.1, -0.05) is 11.8 Å². The summed E-state index contributed by atoms with van der Waals surface area (Å²) in [6.45, 7) is 5.09. The molecule has 0 spiro atoms. The van der Waals surface area contributed by atoms with Crippen LogP contribution in [0.5, 0.6) is 0 Å². The maximum atomic E-state index is 14.7. The van der Waals surface area contributed by atoms with E-state index in [0.717, 1.165) is 23.1 Å². The number of nitrogens with zero attached hydrogens (tertiary/aromatic N) is 3. The number of thioether (sulfide) groups is 1. The fourth-order valence-electron chi connectivity index (χ4n) is 3.93. The van der Waals surface area contributed by atoms with Gasteiger partial charge in [-0.2, -0.15) is 0 Å². The van der Waals surface area contributed by atoms with E-state index < -0.39 is 34.1 Å². The predicted molar refractivity (Wildman–Crippen MR) is 102 cm³/mol. The molecule has 7 nitrogen and oxygen atoms in total. The van der Waals surface area contributed by atoms with Crippen molar-refractivity contribution in [3.8, 4) is 0 Å². The number of rotatable bonds is 2. The summed E-state index contributed by atoms with van der Waals surface area (Å²) in [7, 11) is 0. The van der Waals surface area contributed by atoms with Crippen molar-refractivity contribution in [1.29, 1.82) is 0 Å². The molecule has 0 radical (unpaired) electrons. The summed E-state index contributed by atoms with van der Waals surface area (Å²) in [5.74, 6) is -0.748. The monoisotopic (exact) mass is 413 g/mol. The molecule has 2 aliphatic rings. The molecule has 152 valence electrons. The molecule has 1 fully saturated rings. The molecule has 1 aliphatic heterocycles. The molecular formula is C18H21F2N3O4S.